The Balaban J connectivity index is 1.88. The van der Waals surface area contributed by atoms with Crippen LogP contribution in [0.25, 0.3) is 0 Å². The molecule has 0 radical (unpaired) electrons. The molecule has 3 atom stereocenters. The van der Waals surface area contributed by atoms with Crippen LogP contribution in [-0.2, 0) is 14.3 Å². The van der Waals surface area contributed by atoms with Crippen LogP contribution in [-0.4, -0.2) is 47.4 Å². The van der Waals surface area contributed by atoms with Crippen molar-refractivity contribution in [2.75, 3.05) is 19.8 Å². The van der Waals surface area contributed by atoms with Crippen LogP contribution in [0.2, 0.25) is 0 Å². The van der Waals surface area contributed by atoms with Gasteiger partial charge in [0.1, 0.15) is 5.60 Å². The van der Waals surface area contributed by atoms with E-state index in [9.17, 15) is 14.7 Å². The quantitative estimate of drug-likeness (QED) is 0.637. The number of carboxylic acids is 1. The van der Waals surface area contributed by atoms with Gasteiger partial charge in [-0.05, 0) is 5.41 Å². The third kappa shape index (κ3) is 2.22. The summed E-state index contributed by atoms with van der Waals surface area (Å²) in [6, 6.07) is 0. The lowest BCUT2D eigenvalue weighted by Gasteiger charge is -2.20. The second-order valence-electron chi connectivity index (χ2n) is 5.86. The van der Waals surface area contributed by atoms with E-state index >= 15 is 0 Å². The monoisotopic (exact) mass is 257 g/mol. The average molecular weight is 257 g/mol. The van der Waals surface area contributed by atoms with E-state index in [1.165, 1.54) is 0 Å². The SMILES string of the molecule is CC1(C)[C@H](C(=O)O)[C@@H]1C(=O)NCC1(O)CCOC1. The van der Waals surface area contributed by atoms with Crippen molar-refractivity contribution < 1.29 is 24.5 Å². The number of amides is 1. The summed E-state index contributed by atoms with van der Waals surface area (Å²) in [7, 11) is 0. The van der Waals surface area contributed by atoms with Crippen molar-refractivity contribution in [2.45, 2.75) is 25.9 Å². The van der Waals surface area contributed by atoms with Crippen molar-refractivity contribution in [3.8, 4) is 0 Å². The van der Waals surface area contributed by atoms with Crippen molar-refractivity contribution in [3.05, 3.63) is 0 Å². The number of rotatable bonds is 4. The van der Waals surface area contributed by atoms with E-state index in [0.717, 1.165) is 0 Å². The number of hydrogen-bond acceptors (Lipinski definition) is 4. The molecule has 0 spiro atoms. The summed E-state index contributed by atoms with van der Waals surface area (Å²) >= 11 is 0. The fraction of sp³-hybridized carbons (Fsp3) is 0.833. The zero-order valence-corrected chi connectivity index (χ0v) is 10.6. The molecule has 3 N–H and O–H groups in total. The first-order chi connectivity index (χ1) is 8.28. The number of carbonyl (C=O) groups excluding carboxylic acids is 1. The Labute approximate surface area is 105 Å². The number of carbonyl (C=O) groups is 2. The van der Waals surface area contributed by atoms with E-state index in [4.69, 9.17) is 9.84 Å². The topological polar surface area (TPSA) is 95.9 Å². The predicted molar refractivity (Wildman–Crippen MR) is 61.8 cm³/mol. The summed E-state index contributed by atoms with van der Waals surface area (Å²) in [4.78, 5) is 22.9. The minimum atomic E-state index is -1.01. The molecule has 0 bridgehead atoms. The maximum Gasteiger partial charge on any atom is 0.307 e. The molecule has 0 aromatic heterocycles. The Hall–Kier alpha value is -1.14. The van der Waals surface area contributed by atoms with E-state index in [0.29, 0.717) is 13.0 Å². The van der Waals surface area contributed by atoms with E-state index in [1.807, 2.05) is 0 Å². The summed E-state index contributed by atoms with van der Waals surface area (Å²) < 4.78 is 5.07. The minimum absolute atomic E-state index is 0.116. The number of aliphatic carboxylic acids is 1. The van der Waals surface area contributed by atoms with Gasteiger partial charge < -0.3 is 20.3 Å². The number of aliphatic hydroxyl groups is 1. The Morgan fingerprint density at radius 3 is 2.50 bits per heavy atom. The normalized spacial score (nSPS) is 37.3. The summed E-state index contributed by atoms with van der Waals surface area (Å²) in [5, 5.41) is 21.6. The number of carboxylic acid groups (broad SMARTS) is 1. The third-order valence-electron chi connectivity index (χ3n) is 4.05. The van der Waals surface area contributed by atoms with Crippen LogP contribution in [0.15, 0.2) is 0 Å². The van der Waals surface area contributed by atoms with Crippen molar-refractivity contribution >= 4 is 11.9 Å². The summed E-state index contributed by atoms with van der Waals surface area (Å²) in [6.07, 6.45) is 0.490. The van der Waals surface area contributed by atoms with Gasteiger partial charge in [-0.1, -0.05) is 13.8 Å². The predicted octanol–water partition coefficient (Wildman–Crippen LogP) is -0.389. The Morgan fingerprint density at radius 2 is 2.06 bits per heavy atom. The molecule has 102 valence electrons. The van der Waals surface area contributed by atoms with Gasteiger partial charge in [-0.15, -0.1) is 0 Å². The number of hydrogen-bond donors (Lipinski definition) is 3. The second-order valence-corrected chi connectivity index (χ2v) is 5.86. The molecule has 2 rings (SSSR count). The average Bonchev–Trinajstić information content (AvgIpc) is 2.64. The molecule has 1 saturated heterocycles. The van der Waals surface area contributed by atoms with Crippen molar-refractivity contribution in [2.24, 2.45) is 17.3 Å². The molecular formula is C12H19NO5. The van der Waals surface area contributed by atoms with Gasteiger partial charge in [-0.25, -0.2) is 0 Å². The van der Waals surface area contributed by atoms with Crippen LogP contribution in [0.5, 0.6) is 0 Å². The third-order valence-corrected chi connectivity index (χ3v) is 4.05. The molecule has 1 amide bonds. The molecule has 0 aromatic carbocycles. The van der Waals surface area contributed by atoms with Crippen LogP contribution in [0.3, 0.4) is 0 Å². The van der Waals surface area contributed by atoms with Gasteiger partial charge in [-0.3, -0.25) is 9.59 Å². The highest BCUT2D eigenvalue weighted by molar-refractivity contribution is 5.91. The smallest absolute Gasteiger partial charge is 0.307 e. The highest BCUT2D eigenvalue weighted by Crippen LogP contribution is 2.58. The molecule has 1 saturated carbocycles. The first kappa shape index (κ1) is 13.3. The molecule has 6 nitrogen and oxygen atoms in total. The largest absolute Gasteiger partial charge is 0.481 e. The molecule has 6 heteroatoms. The molecule has 1 heterocycles. The Morgan fingerprint density at radius 1 is 1.39 bits per heavy atom. The van der Waals surface area contributed by atoms with Crippen molar-refractivity contribution in [1.29, 1.82) is 0 Å². The maximum atomic E-state index is 11.9. The molecule has 0 aromatic rings. The zero-order chi connectivity index (χ0) is 13.6. The van der Waals surface area contributed by atoms with Crippen molar-refractivity contribution in [1.82, 2.24) is 5.32 Å². The first-order valence-electron chi connectivity index (χ1n) is 6.09. The highest BCUT2D eigenvalue weighted by atomic mass is 16.5. The van der Waals surface area contributed by atoms with Crippen molar-refractivity contribution in [3.63, 3.8) is 0 Å². The van der Waals surface area contributed by atoms with Crippen LogP contribution in [0.4, 0.5) is 0 Å². The molecule has 1 aliphatic carbocycles. The Bertz CT molecular complexity index is 373. The molecular weight excluding hydrogens is 238 g/mol. The fourth-order valence-corrected chi connectivity index (χ4v) is 2.69. The van der Waals surface area contributed by atoms with E-state index in [2.05, 4.69) is 5.32 Å². The van der Waals surface area contributed by atoms with Gasteiger partial charge in [0.05, 0.1) is 18.4 Å². The van der Waals surface area contributed by atoms with E-state index in [1.54, 1.807) is 13.8 Å². The standard InChI is InChI=1S/C12H19NO5/c1-11(2)7(8(11)10(15)16)9(14)13-5-12(17)3-4-18-6-12/h7-8,17H,3-6H2,1-2H3,(H,13,14)(H,15,16)/t7-,8+,12?/m1/s1. The van der Waals surface area contributed by atoms with Gasteiger partial charge in [0.15, 0.2) is 0 Å². The van der Waals surface area contributed by atoms with Gasteiger partial charge >= 0.3 is 5.97 Å². The number of nitrogens with one attached hydrogen (secondary N) is 1. The summed E-state index contributed by atoms with van der Waals surface area (Å²) in [5.41, 5.74) is -1.52. The van der Waals surface area contributed by atoms with E-state index < -0.39 is 28.8 Å². The van der Waals surface area contributed by atoms with Crippen LogP contribution in [0.1, 0.15) is 20.3 Å². The van der Waals surface area contributed by atoms with Crippen LogP contribution >= 0.6 is 0 Å². The zero-order valence-electron chi connectivity index (χ0n) is 10.6. The van der Waals surface area contributed by atoms with Gasteiger partial charge in [0, 0.05) is 19.6 Å². The molecule has 2 fully saturated rings. The van der Waals surface area contributed by atoms with Crippen LogP contribution in [0, 0.1) is 17.3 Å². The van der Waals surface area contributed by atoms with Gasteiger partial charge in [0.25, 0.3) is 0 Å². The minimum Gasteiger partial charge on any atom is -0.481 e. The van der Waals surface area contributed by atoms with Crippen LogP contribution < -0.4 is 5.32 Å². The highest BCUT2D eigenvalue weighted by Gasteiger charge is 2.65. The first-order valence-corrected chi connectivity index (χ1v) is 6.09. The lowest BCUT2D eigenvalue weighted by atomic mass is 10.0. The summed E-state index contributed by atoms with van der Waals surface area (Å²) in [5.74, 6) is -2.39. The van der Waals surface area contributed by atoms with Gasteiger partial charge in [0.2, 0.25) is 5.91 Å². The number of ether oxygens (including phenoxy) is 1. The molecule has 2 aliphatic rings. The Kier molecular flexibility index (Phi) is 3.11. The summed E-state index contributed by atoms with van der Waals surface area (Å²) in [6.45, 7) is 4.35. The molecule has 1 aliphatic heterocycles. The lowest BCUT2D eigenvalue weighted by molar-refractivity contribution is -0.140. The molecule has 1 unspecified atom stereocenters. The van der Waals surface area contributed by atoms with E-state index in [-0.39, 0.29) is 19.1 Å². The second kappa shape index (κ2) is 4.20. The maximum absolute atomic E-state index is 11.9. The van der Waals surface area contributed by atoms with Gasteiger partial charge in [-0.2, -0.15) is 0 Å². The fourth-order valence-electron chi connectivity index (χ4n) is 2.69. The molecule has 18 heavy (non-hydrogen) atoms. The lowest BCUT2D eigenvalue weighted by Crippen LogP contribution is -2.44.